The van der Waals surface area contributed by atoms with Gasteiger partial charge in [-0.05, 0) is 13.0 Å². The molecule has 2 N–H and O–H groups in total. The summed E-state index contributed by atoms with van der Waals surface area (Å²) >= 11 is 5.67. The van der Waals surface area contributed by atoms with E-state index in [2.05, 4.69) is 20.6 Å². The highest BCUT2D eigenvalue weighted by Crippen LogP contribution is 2.13. The van der Waals surface area contributed by atoms with Gasteiger partial charge in [0.25, 0.3) is 0 Å². The van der Waals surface area contributed by atoms with E-state index in [1.165, 1.54) is 12.4 Å². The van der Waals surface area contributed by atoms with Crippen LogP contribution in [0, 0.1) is 5.92 Å². The second-order valence-corrected chi connectivity index (χ2v) is 3.79. The third-order valence-electron chi connectivity index (χ3n) is 2.32. The molecule has 1 aliphatic heterocycles. The van der Waals surface area contributed by atoms with Crippen molar-refractivity contribution in [1.29, 1.82) is 0 Å². The second-order valence-electron chi connectivity index (χ2n) is 3.40. The Bertz CT molecular complexity index is 365. The fourth-order valence-corrected chi connectivity index (χ4v) is 1.66. The molecule has 0 saturated carbocycles. The zero-order valence-electron chi connectivity index (χ0n) is 8.03. The zero-order valence-corrected chi connectivity index (χ0v) is 8.79. The Morgan fingerprint density at radius 2 is 2.47 bits per heavy atom. The fourth-order valence-electron chi connectivity index (χ4n) is 1.51. The third-order valence-corrected chi connectivity index (χ3v) is 2.52. The first-order chi connectivity index (χ1) is 7.25. The van der Waals surface area contributed by atoms with Gasteiger partial charge in [0.05, 0.1) is 5.92 Å². The monoisotopic (exact) mass is 226 g/mol. The molecule has 1 saturated heterocycles. The Hall–Kier alpha value is -1.20. The summed E-state index contributed by atoms with van der Waals surface area (Å²) in [5.41, 5.74) is 0. The van der Waals surface area contributed by atoms with Crippen molar-refractivity contribution in [3.63, 3.8) is 0 Å². The SMILES string of the molecule is O=C(Nc1cc(Cl)ncn1)C1CCNC1. The molecule has 1 aromatic rings. The number of anilines is 1. The molecule has 1 aliphatic rings. The van der Waals surface area contributed by atoms with Gasteiger partial charge in [0.2, 0.25) is 5.91 Å². The molecule has 0 radical (unpaired) electrons. The van der Waals surface area contributed by atoms with Gasteiger partial charge in [-0.3, -0.25) is 4.79 Å². The maximum atomic E-state index is 11.7. The summed E-state index contributed by atoms with van der Waals surface area (Å²) in [5.74, 6) is 0.459. The van der Waals surface area contributed by atoms with Crippen LogP contribution in [0.3, 0.4) is 0 Å². The van der Waals surface area contributed by atoms with Crippen LogP contribution >= 0.6 is 11.6 Å². The number of nitrogens with one attached hydrogen (secondary N) is 2. The molecule has 2 heterocycles. The van der Waals surface area contributed by atoms with Crippen LogP contribution in [-0.4, -0.2) is 29.0 Å². The topological polar surface area (TPSA) is 66.9 Å². The van der Waals surface area contributed by atoms with Crippen LogP contribution in [0.5, 0.6) is 0 Å². The van der Waals surface area contributed by atoms with Gasteiger partial charge in [0.15, 0.2) is 0 Å². The van der Waals surface area contributed by atoms with Crippen LogP contribution in [0.1, 0.15) is 6.42 Å². The van der Waals surface area contributed by atoms with Gasteiger partial charge >= 0.3 is 0 Å². The molecule has 0 aromatic carbocycles. The Morgan fingerprint density at radius 3 is 3.13 bits per heavy atom. The summed E-state index contributed by atoms with van der Waals surface area (Å²) in [4.78, 5) is 19.3. The first-order valence-electron chi connectivity index (χ1n) is 4.75. The van der Waals surface area contributed by atoms with E-state index < -0.39 is 0 Å². The van der Waals surface area contributed by atoms with Crippen LogP contribution in [0.15, 0.2) is 12.4 Å². The molecule has 1 fully saturated rings. The Morgan fingerprint density at radius 1 is 1.60 bits per heavy atom. The third kappa shape index (κ3) is 2.64. The van der Waals surface area contributed by atoms with Crippen molar-refractivity contribution >= 4 is 23.3 Å². The summed E-state index contributed by atoms with van der Waals surface area (Å²) in [6.07, 6.45) is 2.19. The summed E-state index contributed by atoms with van der Waals surface area (Å²) in [7, 11) is 0. The standard InChI is InChI=1S/C9H11ClN4O/c10-7-3-8(13-5-12-7)14-9(15)6-1-2-11-4-6/h3,5-6,11H,1-2,4H2,(H,12,13,14,15). The molecule has 1 aromatic heterocycles. The van der Waals surface area contributed by atoms with Crippen molar-refractivity contribution in [1.82, 2.24) is 15.3 Å². The van der Waals surface area contributed by atoms with Crippen LogP contribution < -0.4 is 10.6 Å². The van der Waals surface area contributed by atoms with Crippen molar-refractivity contribution in [2.45, 2.75) is 6.42 Å². The number of halogens is 1. The molecule has 0 bridgehead atoms. The second kappa shape index (κ2) is 4.55. The van der Waals surface area contributed by atoms with E-state index in [4.69, 9.17) is 11.6 Å². The van der Waals surface area contributed by atoms with Gasteiger partial charge < -0.3 is 10.6 Å². The quantitative estimate of drug-likeness (QED) is 0.728. The van der Waals surface area contributed by atoms with Crippen LogP contribution in [0.25, 0.3) is 0 Å². The highest BCUT2D eigenvalue weighted by atomic mass is 35.5. The predicted molar refractivity (Wildman–Crippen MR) is 56.6 cm³/mol. The van der Waals surface area contributed by atoms with E-state index in [0.717, 1.165) is 19.5 Å². The van der Waals surface area contributed by atoms with Crippen molar-refractivity contribution in [3.8, 4) is 0 Å². The van der Waals surface area contributed by atoms with Gasteiger partial charge in [-0.15, -0.1) is 0 Å². The molecule has 0 aliphatic carbocycles. The minimum Gasteiger partial charge on any atom is -0.316 e. The van der Waals surface area contributed by atoms with E-state index in [9.17, 15) is 4.79 Å². The molecule has 5 nitrogen and oxygen atoms in total. The molecule has 1 unspecified atom stereocenters. The number of carbonyl (C=O) groups excluding carboxylic acids is 1. The number of carbonyl (C=O) groups is 1. The van der Waals surface area contributed by atoms with Crippen molar-refractivity contribution in [2.24, 2.45) is 5.92 Å². The lowest BCUT2D eigenvalue weighted by atomic mass is 10.1. The lowest BCUT2D eigenvalue weighted by Crippen LogP contribution is -2.25. The summed E-state index contributed by atoms with van der Waals surface area (Å²) in [6, 6.07) is 1.53. The number of rotatable bonds is 2. The first-order valence-corrected chi connectivity index (χ1v) is 5.12. The maximum absolute atomic E-state index is 11.7. The summed E-state index contributed by atoms with van der Waals surface area (Å²) in [5, 5.41) is 6.16. The number of nitrogens with zero attached hydrogens (tertiary/aromatic N) is 2. The molecule has 2 rings (SSSR count). The Balaban J connectivity index is 1.99. The Labute approximate surface area is 92.3 Å². The average molecular weight is 227 g/mol. The van der Waals surface area contributed by atoms with Gasteiger partial charge in [0.1, 0.15) is 17.3 Å². The lowest BCUT2D eigenvalue weighted by molar-refractivity contribution is -0.119. The first kappa shape index (κ1) is 10.3. The maximum Gasteiger partial charge on any atom is 0.229 e. The number of aromatic nitrogens is 2. The minimum absolute atomic E-state index is 0.0187. The lowest BCUT2D eigenvalue weighted by Gasteiger charge is -2.08. The van der Waals surface area contributed by atoms with Crippen molar-refractivity contribution < 1.29 is 4.79 Å². The van der Waals surface area contributed by atoms with Crippen LogP contribution in [-0.2, 0) is 4.79 Å². The van der Waals surface area contributed by atoms with E-state index in [1.54, 1.807) is 0 Å². The van der Waals surface area contributed by atoms with Gasteiger partial charge in [-0.25, -0.2) is 9.97 Å². The van der Waals surface area contributed by atoms with E-state index in [-0.39, 0.29) is 11.8 Å². The van der Waals surface area contributed by atoms with Crippen LogP contribution in [0.4, 0.5) is 5.82 Å². The van der Waals surface area contributed by atoms with Crippen LogP contribution in [0.2, 0.25) is 5.15 Å². The largest absolute Gasteiger partial charge is 0.316 e. The van der Waals surface area contributed by atoms with Crippen molar-refractivity contribution in [2.75, 3.05) is 18.4 Å². The highest BCUT2D eigenvalue weighted by molar-refractivity contribution is 6.29. The predicted octanol–water partition coefficient (Wildman–Crippen LogP) is 0.678. The number of hydrogen-bond donors (Lipinski definition) is 2. The molecule has 0 spiro atoms. The van der Waals surface area contributed by atoms with Gasteiger partial charge in [-0.2, -0.15) is 0 Å². The van der Waals surface area contributed by atoms with Crippen molar-refractivity contribution in [3.05, 3.63) is 17.5 Å². The summed E-state index contributed by atoms with van der Waals surface area (Å²) < 4.78 is 0. The van der Waals surface area contributed by atoms with E-state index in [0.29, 0.717) is 11.0 Å². The molecule has 80 valence electrons. The molecular formula is C9H11ClN4O. The average Bonchev–Trinajstić information content (AvgIpc) is 2.70. The summed E-state index contributed by atoms with van der Waals surface area (Å²) in [6.45, 7) is 1.62. The minimum atomic E-state index is -0.0187. The normalized spacial score (nSPS) is 20.2. The number of hydrogen-bond acceptors (Lipinski definition) is 4. The number of amides is 1. The molecule has 1 amide bonds. The zero-order chi connectivity index (χ0) is 10.7. The smallest absolute Gasteiger partial charge is 0.229 e. The van der Waals surface area contributed by atoms with E-state index in [1.807, 2.05) is 0 Å². The molecular weight excluding hydrogens is 216 g/mol. The molecule has 15 heavy (non-hydrogen) atoms. The molecule has 6 heteroatoms. The van der Waals surface area contributed by atoms with Gasteiger partial charge in [0, 0.05) is 12.6 Å². The molecule has 1 atom stereocenters. The Kier molecular flexibility index (Phi) is 3.13. The fraction of sp³-hybridized carbons (Fsp3) is 0.444. The highest BCUT2D eigenvalue weighted by Gasteiger charge is 2.22. The van der Waals surface area contributed by atoms with Gasteiger partial charge in [-0.1, -0.05) is 11.6 Å². The van der Waals surface area contributed by atoms with E-state index >= 15 is 0 Å².